The van der Waals surface area contributed by atoms with Crippen molar-refractivity contribution in [3.05, 3.63) is 47.5 Å². The van der Waals surface area contributed by atoms with Crippen molar-refractivity contribution in [3.8, 4) is 0 Å². The van der Waals surface area contributed by atoms with Crippen LogP contribution in [0.1, 0.15) is 45.2 Å². The van der Waals surface area contributed by atoms with E-state index in [1.54, 1.807) is 49.9 Å². The number of nitrogens with zero attached hydrogens (tertiary/aromatic N) is 1. The van der Waals surface area contributed by atoms with Crippen LogP contribution >= 0.6 is 11.6 Å². The lowest BCUT2D eigenvalue weighted by Crippen LogP contribution is -2.59. The predicted octanol–water partition coefficient (Wildman–Crippen LogP) is 5.01. The topological polar surface area (TPSA) is 38.3 Å². The second-order valence-corrected chi connectivity index (χ2v) is 10.2. The number of likely N-dealkylation sites (tertiary alicyclic amines) is 1. The van der Waals surface area contributed by atoms with Gasteiger partial charge in [-0.05, 0) is 51.3 Å². The van der Waals surface area contributed by atoms with Crippen LogP contribution in [0.2, 0.25) is 5.02 Å². The Hall–Kier alpha value is -0.730. The summed E-state index contributed by atoms with van der Waals surface area (Å²) in [6.07, 6.45) is -2.02. The normalized spacial score (nSPS) is 24.0. The molecule has 0 saturated carbocycles. The molecule has 0 aliphatic carbocycles. The van der Waals surface area contributed by atoms with E-state index in [0.717, 1.165) is 5.56 Å². The number of halogens is 4. The molecule has 27 heavy (non-hydrogen) atoms. The molecule has 4 atom stereocenters. The number of nitrogens with one attached hydrogen (secondary N) is 1. The maximum absolute atomic E-state index is 13.9. The molecule has 0 aromatic heterocycles. The van der Waals surface area contributed by atoms with E-state index in [1.807, 2.05) is 6.07 Å². The van der Waals surface area contributed by atoms with Gasteiger partial charge >= 0.3 is 6.18 Å². The molecule has 0 bridgehead atoms. The van der Waals surface area contributed by atoms with E-state index in [0.29, 0.717) is 24.4 Å². The monoisotopic (exact) mass is 422 g/mol. The van der Waals surface area contributed by atoms with E-state index < -0.39 is 34.4 Å². The molecule has 0 spiro atoms. The van der Waals surface area contributed by atoms with E-state index in [4.69, 9.17) is 11.6 Å². The van der Waals surface area contributed by atoms with Crippen LogP contribution in [0.5, 0.6) is 0 Å². The number of hydrogen-bond acceptors (Lipinski definition) is 3. The third-order valence-corrected chi connectivity index (χ3v) is 6.48. The molecule has 3 nitrogen and oxygen atoms in total. The average Bonchev–Trinajstić information content (AvgIpc) is 2.94. The van der Waals surface area contributed by atoms with Crippen LogP contribution in [-0.4, -0.2) is 39.0 Å². The van der Waals surface area contributed by atoms with Crippen molar-refractivity contribution in [1.82, 2.24) is 9.62 Å². The Morgan fingerprint density at radius 2 is 2.04 bits per heavy atom. The van der Waals surface area contributed by atoms with E-state index >= 15 is 0 Å². The van der Waals surface area contributed by atoms with Crippen LogP contribution in [0, 0.1) is 0 Å². The summed E-state index contributed by atoms with van der Waals surface area (Å²) in [6.45, 7) is 8.94. The summed E-state index contributed by atoms with van der Waals surface area (Å²) in [4.78, 5) is 1.78. The fourth-order valence-electron chi connectivity index (χ4n) is 3.39. The lowest BCUT2D eigenvalue weighted by atomic mass is 10.0. The van der Waals surface area contributed by atoms with Gasteiger partial charge < -0.3 is 4.55 Å². The van der Waals surface area contributed by atoms with E-state index in [-0.39, 0.29) is 6.04 Å². The van der Waals surface area contributed by atoms with E-state index in [1.165, 1.54) is 0 Å². The third-order valence-electron chi connectivity index (χ3n) is 4.66. The minimum Gasteiger partial charge on any atom is -0.598 e. The molecular formula is C19H26ClF3N2OS. The fourth-order valence-corrected chi connectivity index (χ4v) is 4.46. The second-order valence-electron chi connectivity index (χ2n) is 7.72. The molecule has 1 aromatic carbocycles. The zero-order valence-corrected chi connectivity index (χ0v) is 17.3. The molecule has 1 N–H and O–H groups in total. The highest BCUT2D eigenvalue weighted by molar-refractivity contribution is 7.90. The largest absolute Gasteiger partial charge is 0.598 e. The van der Waals surface area contributed by atoms with Crippen molar-refractivity contribution in [1.29, 1.82) is 0 Å². The van der Waals surface area contributed by atoms with Crippen LogP contribution in [0.25, 0.3) is 0 Å². The summed E-state index contributed by atoms with van der Waals surface area (Å²) in [5.41, 5.74) is 0.879. The molecule has 1 saturated heterocycles. The molecule has 152 valence electrons. The van der Waals surface area contributed by atoms with Gasteiger partial charge in [-0.2, -0.15) is 13.2 Å². The van der Waals surface area contributed by atoms with Gasteiger partial charge in [-0.25, -0.2) is 0 Å². The summed E-state index contributed by atoms with van der Waals surface area (Å²) >= 11 is 4.24. The Morgan fingerprint density at radius 1 is 1.37 bits per heavy atom. The van der Waals surface area contributed by atoms with Gasteiger partial charge in [-0.3, -0.25) is 4.90 Å². The van der Waals surface area contributed by atoms with Crippen molar-refractivity contribution in [3.63, 3.8) is 0 Å². The van der Waals surface area contributed by atoms with Crippen molar-refractivity contribution in [2.75, 3.05) is 6.54 Å². The van der Waals surface area contributed by atoms with Gasteiger partial charge in [0, 0.05) is 35.0 Å². The summed E-state index contributed by atoms with van der Waals surface area (Å²) in [7, 11) is 0. The molecule has 2 rings (SSSR count). The van der Waals surface area contributed by atoms with Crippen LogP contribution in [0.15, 0.2) is 36.9 Å². The van der Waals surface area contributed by atoms with Crippen molar-refractivity contribution < 1.29 is 17.7 Å². The average molecular weight is 423 g/mol. The summed E-state index contributed by atoms with van der Waals surface area (Å²) in [5, 5.41) is 0.550. The first kappa shape index (κ1) is 22.6. The van der Waals surface area contributed by atoms with Gasteiger partial charge in [-0.1, -0.05) is 29.8 Å². The van der Waals surface area contributed by atoms with Gasteiger partial charge in [0.1, 0.15) is 4.75 Å². The Morgan fingerprint density at radius 3 is 2.56 bits per heavy atom. The van der Waals surface area contributed by atoms with E-state index in [2.05, 4.69) is 11.3 Å². The number of rotatable bonds is 6. The Kier molecular flexibility index (Phi) is 7.30. The molecule has 1 aromatic rings. The van der Waals surface area contributed by atoms with Crippen molar-refractivity contribution in [2.45, 2.75) is 62.7 Å². The molecule has 0 radical (unpaired) electrons. The Bertz CT molecular complexity index is 651. The van der Waals surface area contributed by atoms with Crippen LogP contribution < -0.4 is 4.72 Å². The molecular weight excluding hydrogens is 397 g/mol. The van der Waals surface area contributed by atoms with Crippen LogP contribution in [-0.2, 0) is 11.4 Å². The first-order valence-corrected chi connectivity index (χ1v) is 10.3. The van der Waals surface area contributed by atoms with Gasteiger partial charge in [0.25, 0.3) is 0 Å². The zero-order chi connectivity index (χ0) is 20.4. The van der Waals surface area contributed by atoms with Crippen LogP contribution in [0.3, 0.4) is 0 Å². The minimum atomic E-state index is -4.52. The SMILES string of the molecule is C=CCN1[C@@H]([C@H](N[S@@+]([O-])C(C)(C)C)C(F)(F)F)CC[C@H]1c1cccc(Cl)c1. The van der Waals surface area contributed by atoms with Crippen LogP contribution in [0.4, 0.5) is 13.2 Å². The zero-order valence-electron chi connectivity index (χ0n) is 15.7. The highest BCUT2D eigenvalue weighted by Gasteiger charge is 2.53. The lowest BCUT2D eigenvalue weighted by Gasteiger charge is -2.37. The molecule has 1 aliphatic rings. The highest BCUT2D eigenvalue weighted by atomic mass is 35.5. The first-order valence-electron chi connectivity index (χ1n) is 8.82. The Balaban J connectivity index is 2.33. The quantitative estimate of drug-likeness (QED) is 0.517. The minimum absolute atomic E-state index is 0.193. The molecule has 1 aliphatic heterocycles. The van der Waals surface area contributed by atoms with Gasteiger partial charge in [0.2, 0.25) is 0 Å². The summed E-state index contributed by atoms with van der Waals surface area (Å²) in [5.74, 6) is 0. The molecule has 0 amide bonds. The smallest absolute Gasteiger partial charge is 0.409 e. The Labute approximate surface area is 167 Å². The summed E-state index contributed by atoms with van der Waals surface area (Å²) < 4.78 is 55.5. The summed E-state index contributed by atoms with van der Waals surface area (Å²) in [6, 6.07) is 4.28. The molecule has 8 heteroatoms. The molecule has 1 heterocycles. The maximum Gasteiger partial charge on any atom is 0.409 e. The maximum atomic E-state index is 13.9. The van der Waals surface area contributed by atoms with E-state index in [9.17, 15) is 17.7 Å². The number of hydrogen-bond donors (Lipinski definition) is 1. The van der Waals surface area contributed by atoms with Gasteiger partial charge in [0.05, 0.1) is 0 Å². The number of alkyl halides is 3. The first-order chi connectivity index (χ1) is 12.4. The van der Waals surface area contributed by atoms with Crippen molar-refractivity contribution in [2.24, 2.45) is 0 Å². The lowest BCUT2D eigenvalue weighted by molar-refractivity contribution is -0.164. The second kappa shape index (κ2) is 8.74. The number of benzene rings is 1. The third kappa shape index (κ3) is 5.64. The highest BCUT2D eigenvalue weighted by Crippen LogP contribution is 2.41. The molecule has 1 fully saturated rings. The predicted molar refractivity (Wildman–Crippen MR) is 105 cm³/mol. The molecule has 0 unspecified atom stereocenters. The standard InChI is InChI=1S/C19H26ClF3N2OS/c1-5-11-25-15(13-7-6-8-14(20)12-13)9-10-16(25)17(19(21,22)23)24-27(26)18(2,3)4/h5-8,12,15-17,24H,1,9-11H2,2-4H3/t15-,16+,17-,27-/m0/s1. The van der Waals surface area contributed by atoms with Crippen molar-refractivity contribution >= 4 is 23.0 Å². The van der Waals surface area contributed by atoms with Gasteiger partial charge in [-0.15, -0.1) is 11.3 Å². The fraction of sp³-hybridized carbons (Fsp3) is 0.579. The van der Waals surface area contributed by atoms with Gasteiger partial charge in [0.15, 0.2) is 6.04 Å².